The fraction of sp³-hybridized carbons (Fsp3) is 0.500. The Morgan fingerprint density at radius 3 is 2.60 bits per heavy atom. The second-order valence-electron chi connectivity index (χ2n) is 6.14. The first-order valence-corrected chi connectivity index (χ1v) is 10.4. The summed E-state index contributed by atoms with van der Waals surface area (Å²) in [6.45, 7) is 8.32. The van der Waals surface area contributed by atoms with E-state index < -0.39 is 8.07 Å². The number of aromatic nitrogens is 2. The molecule has 0 saturated carbocycles. The summed E-state index contributed by atoms with van der Waals surface area (Å²) >= 11 is 0. The standard InChI is InChI=1S/C14H23N3OSi.ClH/c1-17-13-6-5-11(10-15)9-12(13)16-14(17)18-7-8-19(2,3)4;/h5-6,9H,7-8,10,15H2,1-4H3;1H. The van der Waals surface area contributed by atoms with Crippen LogP contribution >= 0.6 is 12.4 Å². The van der Waals surface area contributed by atoms with Crippen molar-refractivity contribution in [3.63, 3.8) is 0 Å². The van der Waals surface area contributed by atoms with Crippen LogP contribution in [0.3, 0.4) is 0 Å². The van der Waals surface area contributed by atoms with Crippen LogP contribution in [-0.4, -0.2) is 24.2 Å². The average molecular weight is 314 g/mol. The van der Waals surface area contributed by atoms with Crippen molar-refractivity contribution >= 4 is 31.5 Å². The third-order valence-electron chi connectivity index (χ3n) is 3.22. The Bertz CT molecular complexity index is 578. The Labute approximate surface area is 127 Å². The molecule has 0 saturated heterocycles. The molecule has 0 bridgehead atoms. The van der Waals surface area contributed by atoms with Gasteiger partial charge in [0.1, 0.15) is 0 Å². The van der Waals surface area contributed by atoms with Crippen molar-refractivity contribution in [2.45, 2.75) is 32.2 Å². The molecule has 2 N–H and O–H groups in total. The molecule has 0 aliphatic rings. The van der Waals surface area contributed by atoms with Crippen LogP contribution in [0, 0.1) is 0 Å². The highest BCUT2D eigenvalue weighted by molar-refractivity contribution is 6.76. The molecule has 0 spiro atoms. The molecule has 4 nitrogen and oxygen atoms in total. The van der Waals surface area contributed by atoms with Gasteiger partial charge in [-0.3, -0.25) is 4.57 Å². The number of hydrogen-bond acceptors (Lipinski definition) is 3. The third-order valence-corrected chi connectivity index (χ3v) is 4.93. The lowest BCUT2D eigenvalue weighted by atomic mass is 10.2. The van der Waals surface area contributed by atoms with Crippen molar-refractivity contribution in [3.8, 4) is 6.01 Å². The molecule has 2 aromatic rings. The van der Waals surface area contributed by atoms with E-state index >= 15 is 0 Å². The number of nitrogens with two attached hydrogens (primary N) is 1. The van der Waals surface area contributed by atoms with E-state index in [4.69, 9.17) is 10.5 Å². The SMILES string of the molecule is Cl.Cn1c(OCC[Si](C)(C)C)nc2cc(CN)ccc21. The lowest BCUT2D eigenvalue weighted by Crippen LogP contribution is -2.22. The maximum atomic E-state index is 5.83. The summed E-state index contributed by atoms with van der Waals surface area (Å²) in [7, 11) is 0.927. The van der Waals surface area contributed by atoms with Gasteiger partial charge >= 0.3 is 0 Å². The van der Waals surface area contributed by atoms with Crippen LogP contribution in [0.25, 0.3) is 11.0 Å². The molecule has 1 aromatic heterocycles. The Hall–Kier alpha value is -1.04. The fourth-order valence-corrected chi connectivity index (χ4v) is 2.64. The van der Waals surface area contributed by atoms with Gasteiger partial charge in [0.2, 0.25) is 0 Å². The zero-order chi connectivity index (χ0) is 14.0. The largest absolute Gasteiger partial charge is 0.465 e. The Morgan fingerprint density at radius 2 is 2.00 bits per heavy atom. The summed E-state index contributed by atoms with van der Waals surface area (Å²) in [5.74, 6) is 0. The molecule has 0 atom stereocenters. The number of rotatable bonds is 5. The predicted octanol–water partition coefficient (Wildman–Crippen LogP) is 3.17. The topological polar surface area (TPSA) is 53.1 Å². The van der Waals surface area contributed by atoms with E-state index in [9.17, 15) is 0 Å². The first-order chi connectivity index (χ1) is 8.90. The molecule has 0 amide bonds. The maximum Gasteiger partial charge on any atom is 0.297 e. The van der Waals surface area contributed by atoms with E-state index in [-0.39, 0.29) is 12.4 Å². The molecule has 112 valence electrons. The normalized spacial score (nSPS) is 11.4. The van der Waals surface area contributed by atoms with Crippen molar-refractivity contribution in [2.75, 3.05) is 6.61 Å². The minimum Gasteiger partial charge on any atom is -0.465 e. The van der Waals surface area contributed by atoms with E-state index in [1.54, 1.807) is 0 Å². The van der Waals surface area contributed by atoms with Crippen molar-refractivity contribution in [3.05, 3.63) is 23.8 Å². The van der Waals surface area contributed by atoms with Crippen LogP contribution in [0.1, 0.15) is 5.56 Å². The van der Waals surface area contributed by atoms with Gasteiger partial charge in [0.15, 0.2) is 0 Å². The summed E-state index contributed by atoms with van der Waals surface area (Å²) in [5, 5.41) is 0. The van der Waals surface area contributed by atoms with Crippen molar-refractivity contribution in [2.24, 2.45) is 12.8 Å². The second-order valence-corrected chi connectivity index (χ2v) is 11.8. The van der Waals surface area contributed by atoms with E-state index in [1.165, 1.54) is 0 Å². The van der Waals surface area contributed by atoms with Gasteiger partial charge in [0.05, 0.1) is 17.6 Å². The fourth-order valence-electron chi connectivity index (χ4n) is 1.93. The van der Waals surface area contributed by atoms with Crippen LogP contribution in [0.4, 0.5) is 0 Å². The van der Waals surface area contributed by atoms with E-state index in [0.29, 0.717) is 12.6 Å². The van der Waals surface area contributed by atoms with Gasteiger partial charge in [-0.25, -0.2) is 0 Å². The first kappa shape index (κ1) is 17.0. The molecular formula is C14H24ClN3OSi. The molecule has 2 rings (SSSR count). The molecule has 0 radical (unpaired) electrons. The first-order valence-electron chi connectivity index (χ1n) is 6.69. The minimum absolute atomic E-state index is 0. The van der Waals surface area contributed by atoms with E-state index in [2.05, 4.69) is 30.7 Å². The molecular weight excluding hydrogens is 290 g/mol. The lowest BCUT2D eigenvalue weighted by molar-refractivity contribution is 0.302. The number of halogens is 1. The monoisotopic (exact) mass is 313 g/mol. The second kappa shape index (κ2) is 6.61. The van der Waals surface area contributed by atoms with Crippen LogP contribution in [0.15, 0.2) is 18.2 Å². The molecule has 0 aliphatic carbocycles. The number of fused-ring (bicyclic) bond motifs is 1. The smallest absolute Gasteiger partial charge is 0.297 e. The predicted molar refractivity (Wildman–Crippen MR) is 89.5 cm³/mol. The van der Waals surface area contributed by atoms with Gasteiger partial charge in [-0.1, -0.05) is 25.7 Å². The van der Waals surface area contributed by atoms with Crippen molar-refractivity contribution < 1.29 is 4.74 Å². The third kappa shape index (κ3) is 3.98. The number of ether oxygens (including phenoxy) is 1. The van der Waals surface area contributed by atoms with Crippen LogP contribution in [0.2, 0.25) is 25.7 Å². The lowest BCUT2D eigenvalue weighted by Gasteiger charge is -2.15. The average Bonchev–Trinajstić information content (AvgIpc) is 2.64. The van der Waals surface area contributed by atoms with Gasteiger partial charge in [-0.2, -0.15) is 4.98 Å². The minimum atomic E-state index is -1.06. The number of benzene rings is 1. The van der Waals surface area contributed by atoms with Gasteiger partial charge < -0.3 is 10.5 Å². The number of nitrogens with zero attached hydrogens (tertiary/aromatic N) is 2. The summed E-state index contributed by atoms with van der Waals surface area (Å²) in [4.78, 5) is 4.54. The highest BCUT2D eigenvalue weighted by atomic mass is 35.5. The van der Waals surface area contributed by atoms with Crippen LogP contribution < -0.4 is 10.5 Å². The highest BCUT2D eigenvalue weighted by Gasteiger charge is 2.14. The zero-order valence-corrected chi connectivity index (χ0v) is 14.5. The molecule has 20 heavy (non-hydrogen) atoms. The quantitative estimate of drug-likeness (QED) is 0.863. The molecule has 0 fully saturated rings. The van der Waals surface area contributed by atoms with E-state index in [1.807, 2.05) is 23.7 Å². The molecule has 0 aliphatic heterocycles. The summed E-state index contributed by atoms with van der Waals surface area (Å²) in [6.07, 6.45) is 0. The van der Waals surface area contributed by atoms with Gasteiger partial charge in [-0.05, 0) is 23.7 Å². The summed E-state index contributed by atoms with van der Waals surface area (Å²) in [5.41, 5.74) is 8.78. The molecule has 1 aromatic carbocycles. The van der Waals surface area contributed by atoms with Crippen LogP contribution in [0.5, 0.6) is 6.01 Å². The van der Waals surface area contributed by atoms with Gasteiger partial charge in [-0.15, -0.1) is 12.4 Å². The van der Waals surface area contributed by atoms with Gasteiger partial charge in [0.25, 0.3) is 6.01 Å². The zero-order valence-electron chi connectivity index (χ0n) is 12.6. The summed E-state index contributed by atoms with van der Waals surface area (Å²) in [6, 6.07) is 7.96. The number of imidazole rings is 1. The molecule has 1 heterocycles. The van der Waals surface area contributed by atoms with Crippen molar-refractivity contribution in [1.82, 2.24) is 9.55 Å². The summed E-state index contributed by atoms with van der Waals surface area (Å²) < 4.78 is 7.83. The Balaban J connectivity index is 0.00000200. The van der Waals surface area contributed by atoms with Gasteiger partial charge in [0, 0.05) is 21.7 Å². The van der Waals surface area contributed by atoms with Crippen molar-refractivity contribution in [1.29, 1.82) is 0 Å². The highest BCUT2D eigenvalue weighted by Crippen LogP contribution is 2.21. The Morgan fingerprint density at radius 1 is 1.30 bits per heavy atom. The molecule has 6 heteroatoms. The van der Waals surface area contributed by atoms with E-state index in [0.717, 1.165) is 29.2 Å². The maximum absolute atomic E-state index is 5.83. The molecule has 0 unspecified atom stereocenters. The number of hydrogen-bond donors (Lipinski definition) is 1. The number of aryl methyl sites for hydroxylation is 1. The van der Waals surface area contributed by atoms with Crippen LogP contribution in [-0.2, 0) is 13.6 Å². The Kier molecular flexibility index (Phi) is 5.62.